The number of aliphatic carboxylic acids is 1. The highest BCUT2D eigenvalue weighted by Gasteiger charge is 2.21. The van der Waals surface area contributed by atoms with Crippen molar-refractivity contribution in [3.05, 3.63) is 75.0 Å². The third-order valence-electron chi connectivity index (χ3n) is 5.57. The van der Waals surface area contributed by atoms with E-state index in [2.05, 4.69) is 39.1 Å². The summed E-state index contributed by atoms with van der Waals surface area (Å²) in [4.78, 5) is 24.6. The van der Waals surface area contributed by atoms with Gasteiger partial charge in [-0.1, -0.05) is 26.0 Å². The molecule has 7 heteroatoms. The van der Waals surface area contributed by atoms with Crippen molar-refractivity contribution in [1.82, 2.24) is 5.32 Å². The third kappa shape index (κ3) is 6.93. The van der Waals surface area contributed by atoms with Crippen molar-refractivity contribution >= 4 is 23.2 Å². The molecule has 0 aliphatic rings. The van der Waals surface area contributed by atoms with Gasteiger partial charge in [-0.25, -0.2) is 0 Å². The molecule has 2 aromatic carbocycles. The number of thiophene rings is 1. The van der Waals surface area contributed by atoms with Gasteiger partial charge in [0, 0.05) is 11.4 Å². The normalized spacial score (nSPS) is 11.7. The van der Waals surface area contributed by atoms with Gasteiger partial charge in [0.1, 0.15) is 11.9 Å². The standard InChI is InChI=1S/C28H30N2O4S/c1-17(2)13-23(24-9-10-25(35-24)28(33)30-12-11-26(31)32)34-22-14-18(3)27(19(4)15-22)21-7-5-20(16-29)6-8-21/h5-10,14-15,17,23H,11-13H2,1-4H3,(H,30,33)(H,31,32)/t23-/m1/s1. The van der Waals surface area contributed by atoms with Crippen LogP contribution in [-0.2, 0) is 4.79 Å². The van der Waals surface area contributed by atoms with Crippen molar-refractivity contribution in [3.8, 4) is 22.9 Å². The molecular formula is C28H30N2O4S. The number of nitrogens with one attached hydrogen (secondary N) is 1. The van der Waals surface area contributed by atoms with Crippen molar-refractivity contribution in [1.29, 1.82) is 5.26 Å². The first-order valence-corrected chi connectivity index (χ1v) is 12.4. The molecule has 0 bridgehead atoms. The van der Waals surface area contributed by atoms with Crippen LogP contribution in [0.3, 0.4) is 0 Å². The molecule has 1 heterocycles. The largest absolute Gasteiger partial charge is 0.485 e. The molecule has 2 N–H and O–H groups in total. The van der Waals surface area contributed by atoms with E-state index in [0.29, 0.717) is 16.4 Å². The van der Waals surface area contributed by atoms with Gasteiger partial charge in [-0.3, -0.25) is 9.59 Å². The molecule has 0 aliphatic heterocycles. The zero-order valence-electron chi connectivity index (χ0n) is 20.4. The van der Waals surface area contributed by atoms with Crippen molar-refractivity contribution in [3.63, 3.8) is 0 Å². The Morgan fingerprint density at radius 1 is 1.09 bits per heavy atom. The molecule has 0 saturated heterocycles. The van der Waals surface area contributed by atoms with E-state index >= 15 is 0 Å². The van der Waals surface area contributed by atoms with Crippen LogP contribution in [0.15, 0.2) is 48.5 Å². The Balaban J connectivity index is 1.81. The average molecular weight is 491 g/mol. The number of carboxylic acid groups (broad SMARTS) is 1. The molecule has 1 atom stereocenters. The number of carbonyl (C=O) groups is 2. The van der Waals surface area contributed by atoms with E-state index in [-0.39, 0.29) is 25.0 Å². The Morgan fingerprint density at radius 2 is 1.74 bits per heavy atom. The van der Waals surface area contributed by atoms with Gasteiger partial charge in [0.05, 0.1) is 22.9 Å². The van der Waals surface area contributed by atoms with Gasteiger partial charge in [0.15, 0.2) is 0 Å². The summed E-state index contributed by atoms with van der Waals surface area (Å²) in [6.45, 7) is 8.46. The van der Waals surface area contributed by atoms with Crippen LogP contribution in [0.2, 0.25) is 0 Å². The lowest BCUT2D eigenvalue weighted by molar-refractivity contribution is -0.136. The van der Waals surface area contributed by atoms with Crippen molar-refractivity contribution in [2.24, 2.45) is 5.92 Å². The minimum absolute atomic E-state index is 0.0947. The van der Waals surface area contributed by atoms with E-state index in [0.717, 1.165) is 39.3 Å². The minimum atomic E-state index is -0.946. The van der Waals surface area contributed by atoms with E-state index in [1.165, 1.54) is 11.3 Å². The molecule has 0 unspecified atom stereocenters. The minimum Gasteiger partial charge on any atom is -0.485 e. The Kier molecular flexibility index (Phi) is 8.67. The van der Waals surface area contributed by atoms with Crippen LogP contribution in [0, 0.1) is 31.1 Å². The number of aryl methyl sites for hydroxylation is 2. The predicted octanol–water partition coefficient (Wildman–Crippen LogP) is 6.27. The first-order chi connectivity index (χ1) is 16.7. The Bertz CT molecular complexity index is 1220. The summed E-state index contributed by atoms with van der Waals surface area (Å²) in [5, 5.41) is 20.5. The second-order valence-electron chi connectivity index (χ2n) is 8.96. The number of rotatable bonds is 10. The summed E-state index contributed by atoms with van der Waals surface area (Å²) in [6.07, 6.45) is 0.469. The molecule has 3 aromatic rings. The number of carbonyl (C=O) groups excluding carboxylic acids is 1. The maximum Gasteiger partial charge on any atom is 0.305 e. The van der Waals surface area contributed by atoms with Gasteiger partial charge in [-0.05, 0) is 84.8 Å². The lowest BCUT2D eigenvalue weighted by atomic mass is 9.95. The van der Waals surface area contributed by atoms with Crippen LogP contribution >= 0.6 is 11.3 Å². The molecule has 1 amide bonds. The second-order valence-corrected chi connectivity index (χ2v) is 10.1. The van der Waals surface area contributed by atoms with E-state index in [9.17, 15) is 9.59 Å². The Labute approximate surface area is 210 Å². The SMILES string of the molecule is Cc1cc(O[C@H](CC(C)C)c2ccc(C(=O)NCCC(=O)O)s2)cc(C)c1-c1ccc(C#N)cc1. The van der Waals surface area contributed by atoms with Gasteiger partial charge in [0.25, 0.3) is 5.91 Å². The summed E-state index contributed by atoms with van der Waals surface area (Å²) in [6, 6.07) is 17.5. The van der Waals surface area contributed by atoms with Gasteiger partial charge in [-0.2, -0.15) is 5.26 Å². The first-order valence-electron chi connectivity index (χ1n) is 11.6. The molecule has 0 spiro atoms. The molecule has 35 heavy (non-hydrogen) atoms. The highest BCUT2D eigenvalue weighted by atomic mass is 32.1. The monoisotopic (exact) mass is 490 g/mol. The van der Waals surface area contributed by atoms with Crippen LogP contribution in [0.5, 0.6) is 5.75 Å². The molecule has 6 nitrogen and oxygen atoms in total. The van der Waals surface area contributed by atoms with Crippen LogP contribution in [0.4, 0.5) is 0 Å². The fraction of sp³-hybridized carbons (Fsp3) is 0.321. The lowest BCUT2D eigenvalue weighted by Crippen LogP contribution is -2.25. The molecule has 182 valence electrons. The average Bonchev–Trinajstić information content (AvgIpc) is 3.28. The lowest BCUT2D eigenvalue weighted by Gasteiger charge is -2.22. The smallest absolute Gasteiger partial charge is 0.305 e. The van der Waals surface area contributed by atoms with Gasteiger partial charge in [0.2, 0.25) is 0 Å². The quantitative estimate of drug-likeness (QED) is 0.349. The number of amides is 1. The zero-order chi connectivity index (χ0) is 25.5. The van der Waals surface area contributed by atoms with E-state index in [4.69, 9.17) is 15.1 Å². The predicted molar refractivity (Wildman–Crippen MR) is 138 cm³/mol. The summed E-state index contributed by atoms with van der Waals surface area (Å²) < 4.78 is 6.46. The molecule has 1 aromatic heterocycles. The van der Waals surface area contributed by atoms with Crippen molar-refractivity contribution in [2.75, 3.05) is 6.54 Å². The molecule has 0 fully saturated rings. The number of hydrogen-bond acceptors (Lipinski definition) is 5. The van der Waals surface area contributed by atoms with Crippen LogP contribution in [0.1, 0.15) is 64.0 Å². The third-order valence-corrected chi connectivity index (χ3v) is 6.74. The van der Waals surface area contributed by atoms with Gasteiger partial charge < -0.3 is 15.2 Å². The summed E-state index contributed by atoms with van der Waals surface area (Å²) in [7, 11) is 0. The fourth-order valence-corrected chi connectivity index (χ4v) is 4.96. The zero-order valence-corrected chi connectivity index (χ0v) is 21.2. The number of nitrogens with zero attached hydrogens (tertiary/aromatic N) is 1. The first kappa shape index (κ1) is 26.0. The van der Waals surface area contributed by atoms with E-state index in [1.54, 1.807) is 6.07 Å². The second kappa shape index (κ2) is 11.7. The molecule has 3 rings (SSSR count). The maximum absolute atomic E-state index is 12.4. The number of nitriles is 1. The number of benzene rings is 2. The van der Waals surface area contributed by atoms with Crippen molar-refractivity contribution < 1.29 is 19.4 Å². The van der Waals surface area contributed by atoms with Crippen LogP contribution < -0.4 is 10.1 Å². The molecular weight excluding hydrogens is 460 g/mol. The van der Waals surface area contributed by atoms with Crippen LogP contribution in [0.25, 0.3) is 11.1 Å². The topological polar surface area (TPSA) is 99.4 Å². The molecule has 0 radical (unpaired) electrons. The Morgan fingerprint density at radius 3 is 2.31 bits per heavy atom. The summed E-state index contributed by atoms with van der Waals surface area (Å²) >= 11 is 1.37. The number of hydrogen-bond donors (Lipinski definition) is 2. The van der Waals surface area contributed by atoms with E-state index in [1.807, 2.05) is 42.5 Å². The highest BCUT2D eigenvalue weighted by Crippen LogP contribution is 2.36. The summed E-state index contributed by atoms with van der Waals surface area (Å²) in [5.41, 5.74) is 4.97. The fourth-order valence-electron chi connectivity index (χ4n) is 3.99. The van der Waals surface area contributed by atoms with Crippen molar-refractivity contribution in [2.45, 2.75) is 46.6 Å². The summed E-state index contributed by atoms with van der Waals surface area (Å²) in [5.74, 6) is -0.0680. The van der Waals surface area contributed by atoms with E-state index < -0.39 is 5.97 Å². The number of carboxylic acids is 1. The maximum atomic E-state index is 12.4. The Hall–Kier alpha value is -3.63. The number of ether oxygens (including phenoxy) is 1. The van der Waals surface area contributed by atoms with Gasteiger partial charge in [-0.15, -0.1) is 11.3 Å². The molecule has 0 aliphatic carbocycles. The highest BCUT2D eigenvalue weighted by molar-refractivity contribution is 7.14. The molecule has 0 saturated carbocycles. The van der Waals surface area contributed by atoms with Crippen LogP contribution in [-0.4, -0.2) is 23.5 Å². The van der Waals surface area contributed by atoms with Gasteiger partial charge >= 0.3 is 5.97 Å².